The van der Waals surface area contributed by atoms with Crippen molar-refractivity contribution in [2.45, 2.75) is 106 Å². The first kappa shape index (κ1) is 24.7. The summed E-state index contributed by atoms with van der Waals surface area (Å²) in [6.45, 7) is 15.9. The molecule has 4 rings (SSSR count). The van der Waals surface area contributed by atoms with E-state index in [1.54, 1.807) is 5.57 Å². The zero-order valence-corrected chi connectivity index (χ0v) is 22.1. The van der Waals surface area contributed by atoms with Crippen LogP contribution in [0, 0.1) is 45.3 Å². The second kappa shape index (κ2) is 8.09. The second-order valence-electron chi connectivity index (χ2n) is 13.4. The third-order valence-corrected chi connectivity index (χ3v) is 11.5. The summed E-state index contributed by atoms with van der Waals surface area (Å²) in [5.74, 6) is 0.766. The highest BCUT2D eigenvalue weighted by molar-refractivity contribution is 5.85. The predicted octanol–water partition coefficient (Wildman–Crippen LogP) is 7.61. The Morgan fingerprint density at radius 1 is 1.12 bits per heavy atom. The van der Waals surface area contributed by atoms with Gasteiger partial charge >= 0.3 is 5.97 Å². The molecule has 0 spiro atoms. The van der Waals surface area contributed by atoms with Gasteiger partial charge < -0.3 is 5.11 Å². The van der Waals surface area contributed by atoms with E-state index in [0.717, 1.165) is 51.4 Å². The third-order valence-electron chi connectivity index (χ3n) is 11.5. The topological polar surface area (TPSA) is 54.4 Å². The van der Waals surface area contributed by atoms with Gasteiger partial charge in [0, 0.05) is 11.8 Å². The normalized spacial score (nSPS) is 42.5. The van der Waals surface area contributed by atoms with Crippen molar-refractivity contribution in [1.82, 2.24) is 0 Å². The van der Waals surface area contributed by atoms with Gasteiger partial charge in [0.05, 0.1) is 5.92 Å². The first-order chi connectivity index (χ1) is 15.3. The van der Waals surface area contributed by atoms with E-state index in [4.69, 9.17) is 0 Å². The van der Waals surface area contributed by atoms with Crippen LogP contribution in [0.25, 0.3) is 0 Å². The van der Waals surface area contributed by atoms with Gasteiger partial charge in [0.1, 0.15) is 5.78 Å². The second-order valence-corrected chi connectivity index (χ2v) is 13.4. The molecule has 0 saturated heterocycles. The summed E-state index contributed by atoms with van der Waals surface area (Å²) in [6.07, 6.45) is 13.4. The van der Waals surface area contributed by atoms with Crippen LogP contribution in [0.5, 0.6) is 0 Å². The summed E-state index contributed by atoms with van der Waals surface area (Å²) >= 11 is 0. The van der Waals surface area contributed by atoms with E-state index in [9.17, 15) is 14.7 Å². The minimum Gasteiger partial charge on any atom is -0.481 e. The molecule has 33 heavy (non-hydrogen) atoms. The minimum absolute atomic E-state index is 0.0343. The zero-order valence-electron chi connectivity index (χ0n) is 22.1. The highest BCUT2D eigenvalue weighted by Gasteiger charge is 2.66. The number of rotatable bonds is 5. The fourth-order valence-electron chi connectivity index (χ4n) is 9.25. The maximum atomic E-state index is 12.8. The molecule has 0 aliphatic heterocycles. The molecule has 7 atom stereocenters. The number of aliphatic carboxylic acids is 1. The molecule has 3 fully saturated rings. The van der Waals surface area contributed by atoms with Crippen LogP contribution in [0.15, 0.2) is 23.3 Å². The standard InChI is InChI=1S/C30H46O3/c1-19(2)9-8-10-20(26(32)33)21-13-17-30(7)23-11-12-24-27(3,4)25(31)15-16-28(24,5)22(23)14-18-29(21,30)6/h9,11,20-22,24H,8,10,12-18H2,1-7H3,(H,32,33)/t20-,21+,22+,24-,28-,29-,30+/m0/s1. The molecule has 184 valence electrons. The van der Waals surface area contributed by atoms with Crippen molar-refractivity contribution >= 4 is 11.8 Å². The van der Waals surface area contributed by atoms with Gasteiger partial charge in [0.25, 0.3) is 0 Å². The number of ketones is 1. The van der Waals surface area contributed by atoms with E-state index in [1.807, 2.05) is 0 Å². The van der Waals surface area contributed by atoms with Crippen LogP contribution in [0.2, 0.25) is 0 Å². The van der Waals surface area contributed by atoms with Crippen molar-refractivity contribution in [3.8, 4) is 0 Å². The van der Waals surface area contributed by atoms with Gasteiger partial charge in [-0.15, -0.1) is 0 Å². The van der Waals surface area contributed by atoms with Crippen molar-refractivity contribution in [3.05, 3.63) is 23.3 Å². The lowest BCUT2D eigenvalue weighted by molar-refractivity contribution is -0.149. The molecule has 4 aliphatic carbocycles. The molecule has 4 aliphatic rings. The lowest BCUT2D eigenvalue weighted by Gasteiger charge is -2.63. The van der Waals surface area contributed by atoms with Crippen LogP contribution >= 0.6 is 0 Å². The van der Waals surface area contributed by atoms with Crippen LogP contribution in [-0.4, -0.2) is 16.9 Å². The highest BCUT2D eigenvalue weighted by atomic mass is 16.4. The first-order valence-corrected chi connectivity index (χ1v) is 13.4. The first-order valence-electron chi connectivity index (χ1n) is 13.4. The Morgan fingerprint density at radius 3 is 2.45 bits per heavy atom. The summed E-state index contributed by atoms with van der Waals surface area (Å²) < 4.78 is 0. The highest BCUT2D eigenvalue weighted by Crippen LogP contribution is 2.73. The molecule has 0 aromatic rings. The Bertz CT molecular complexity index is 890. The molecule has 0 aromatic heterocycles. The molecule has 0 radical (unpaired) electrons. The van der Waals surface area contributed by atoms with Crippen LogP contribution < -0.4 is 0 Å². The number of carboxylic acid groups (broad SMARTS) is 1. The van der Waals surface area contributed by atoms with Gasteiger partial charge in [-0.05, 0) is 99.2 Å². The van der Waals surface area contributed by atoms with Crippen molar-refractivity contribution in [2.24, 2.45) is 45.3 Å². The molecule has 0 heterocycles. The van der Waals surface area contributed by atoms with Gasteiger partial charge in [0.15, 0.2) is 0 Å². The minimum atomic E-state index is -0.605. The molecule has 0 unspecified atom stereocenters. The van der Waals surface area contributed by atoms with E-state index in [-0.39, 0.29) is 33.5 Å². The Hall–Kier alpha value is -1.38. The Kier molecular flexibility index (Phi) is 6.07. The fraction of sp³-hybridized carbons (Fsp3) is 0.800. The third kappa shape index (κ3) is 3.50. The van der Waals surface area contributed by atoms with Crippen molar-refractivity contribution < 1.29 is 14.7 Å². The molecular formula is C30H46O3. The van der Waals surface area contributed by atoms with Crippen LogP contribution in [0.4, 0.5) is 0 Å². The van der Waals surface area contributed by atoms with Crippen molar-refractivity contribution in [2.75, 3.05) is 0 Å². The van der Waals surface area contributed by atoms with Crippen molar-refractivity contribution in [1.29, 1.82) is 0 Å². The van der Waals surface area contributed by atoms with Crippen LogP contribution in [-0.2, 0) is 9.59 Å². The Labute approximate surface area is 201 Å². The monoisotopic (exact) mass is 454 g/mol. The Morgan fingerprint density at radius 2 is 1.82 bits per heavy atom. The van der Waals surface area contributed by atoms with Crippen LogP contribution in [0.1, 0.15) is 106 Å². The van der Waals surface area contributed by atoms with E-state index >= 15 is 0 Å². The number of carbonyl (C=O) groups is 2. The predicted molar refractivity (Wildman–Crippen MR) is 134 cm³/mol. The molecule has 0 bridgehead atoms. The molecule has 3 nitrogen and oxygen atoms in total. The molecule has 0 amide bonds. The Balaban J connectivity index is 1.67. The average molecular weight is 455 g/mol. The number of Topliss-reactive ketones (excluding diaryl/α,β-unsaturated/α-hetero) is 1. The number of hydrogen-bond acceptors (Lipinski definition) is 2. The summed E-state index contributed by atoms with van der Waals surface area (Å²) in [4.78, 5) is 25.2. The van der Waals surface area contributed by atoms with Gasteiger partial charge in [0.2, 0.25) is 0 Å². The average Bonchev–Trinajstić information content (AvgIpc) is 3.00. The number of carbonyl (C=O) groups excluding carboxylic acids is 1. The van der Waals surface area contributed by atoms with Crippen LogP contribution in [0.3, 0.4) is 0 Å². The maximum Gasteiger partial charge on any atom is 0.306 e. The van der Waals surface area contributed by atoms with Gasteiger partial charge in [-0.1, -0.05) is 57.9 Å². The number of hydrogen-bond donors (Lipinski definition) is 1. The van der Waals surface area contributed by atoms with Crippen molar-refractivity contribution in [3.63, 3.8) is 0 Å². The SMILES string of the molecule is CC(C)=CCC[C@H](C(=O)O)[C@H]1CC[C@]2(C)C3=CC[C@H]4C(C)(C)C(=O)CC[C@@]4(C)[C@@H]3CC[C@@]12C. The lowest BCUT2D eigenvalue weighted by atomic mass is 9.41. The molecule has 3 saturated carbocycles. The van der Waals surface area contributed by atoms with Gasteiger partial charge in [-0.2, -0.15) is 0 Å². The van der Waals surface area contributed by atoms with Gasteiger partial charge in [-0.3, -0.25) is 9.59 Å². The maximum absolute atomic E-state index is 12.8. The molecule has 3 heteroatoms. The summed E-state index contributed by atoms with van der Waals surface area (Å²) in [5.41, 5.74) is 2.94. The lowest BCUT2D eigenvalue weighted by Crippen LogP contribution is -2.57. The number of allylic oxidation sites excluding steroid dienone is 4. The van der Waals surface area contributed by atoms with E-state index in [0.29, 0.717) is 24.0 Å². The van der Waals surface area contributed by atoms with E-state index < -0.39 is 5.97 Å². The quantitative estimate of drug-likeness (QED) is 0.435. The fourth-order valence-corrected chi connectivity index (χ4v) is 9.25. The molecular weight excluding hydrogens is 408 g/mol. The largest absolute Gasteiger partial charge is 0.481 e. The molecule has 0 aromatic carbocycles. The van der Waals surface area contributed by atoms with E-state index in [1.165, 1.54) is 5.57 Å². The summed E-state index contributed by atoms with van der Waals surface area (Å²) in [6, 6.07) is 0. The molecule has 1 N–H and O–H groups in total. The number of fused-ring (bicyclic) bond motifs is 5. The number of carboxylic acids is 1. The van der Waals surface area contributed by atoms with E-state index in [2.05, 4.69) is 60.6 Å². The zero-order chi connectivity index (χ0) is 24.4. The summed E-state index contributed by atoms with van der Waals surface area (Å²) in [7, 11) is 0. The summed E-state index contributed by atoms with van der Waals surface area (Å²) in [5, 5.41) is 10.2. The smallest absolute Gasteiger partial charge is 0.306 e. The van der Waals surface area contributed by atoms with Gasteiger partial charge in [-0.25, -0.2) is 0 Å².